The number of benzene rings is 1. The Morgan fingerprint density at radius 3 is 2.80 bits per heavy atom. The number of nitrogens with one attached hydrogen (secondary N) is 1. The van der Waals surface area contributed by atoms with Crippen LogP contribution in [-0.4, -0.2) is 16.3 Å². The zero-order valence-electron chi connectivity index (χ0n) is 11.1. The number of anilines is 1. The molecule has 5 heteroatoms. The lowest BCUT2D eigenvalue weighted by Gasteiger charge is -2.09. The van der Waals surface area contributed by atoms with E-state index in [2.05, 4.69) is 45.1 Å². The van der Waals surface area contributed by atoms with Crippen LogP contribution in [0.1, 0.15) is 5.56 Å². The highest BCUT2D eigenvalue weighted by Gasteiger charge is 2.07. The molecule has 0 radical (unpaired) electrons. The average molecular weight is 334 g/mol. The molecule has 0 fully saturated rings. The first-order valence-electron chi connectivity index (χ1n) is 6.36. The minimum Gasteiger partial charge on any atom is -0.382 e. The van der Waals surface area contributed by atoms with Gasteiger partial charge in [0.05, 0.1) is 18.4 Å². The second kappa shape index (κ2) is 7.05. The fourth-order valence-electron chi connectivity index (χ4n) is 1.83. The Bertz CT molecular complexity index is 637. The van der Waals surface area contributed by atoms with E-state index in [9.17, 15) is 4.79 Å². The summed E-state index contributed by atoms with van der Waals surface area (Å²) in [5, 5.41) is 7.32. The van der Waals surface area contributed by atoms with Gasteiger partial charge < -0.3 is 5.32 Å². The summed E-state index contributed by atoms with van der Waals surface area (Å²) in [4.78, 5) is 12.0. The van der Waals surface area contributed by atoms with Crippen LogP contribution in [0.25, 0.3) is 0 Å². The third kappa shape index (κ3) is 3.57. The lowest BCUT2D eigenvalue weighted by molar-refractivity contribution is 0.649. The molecule has 0 amide bonds. The summed E-state index contributed by atoms with van der Waals surface area (Å²) in [7, 11) is 0. The molecule has 1 aromatic heterocycles. The van der Waals surface area contributed by atoms with Crippen molar-refractivity contribution in [3.05, 3.63) is 69.6 Å². The van der Waals surface area contributed by atoms with Gasteiger partial charge in [0, 0.05) is 6.54 Å². The summed E-state index contributed by atoms with van der Waals surface area (Å²) < 4.78 is 1.86. The number of hydrogen-bond donors (Lipinski definition) is 1. The summed E-state index contributed by atoms with van der Waals surface area (Å²) in [6, 6.07) is 10.2. The van der Waals surface area contributed by atoms with Crippen molar-refractivity contribution in [1.82, 2.24) is 9.78 Å². The van der Waals surface area contributed by atoms with E-state index in [1.807, 2.05) is 18.2 Å². The topological polar surface area (TPSA) is 46.9 Å². The molecule has 0 aliphatic rings. The molecule has 20 heavy (non-hydrogen) atoms. The van der Waals surface area contributed by atoms with Gasteiger partial charge in [-0.05, 0) is 27.9 Å². The Hall–Kier alpha value is -1.88. The largest absolute Gasteiger partial charge is 0.382 e. The van der Waals surface area contributed by atoms with E-state index in [4.69, 9.17) is 0 Å². The fourth-order valence-corrected chi connectivity index (χ4v) is 2.27. The van der Waals surface area contributed by atoms with Gasteiger partial charge in [-0.25, -0.2) is 4.68 Å². The Kier molecular flexibility index (Phi) is 5.12. The van der Waals surface area contributed by atoms with Gasteiger partial charge in [-0.15, -0.1) is 6.58 Å². The maximum Gasteiger partial charge on any atom is 0.283 e. The second-order valence-electron chi connectivity index (χ2n) is 4.31. The lowest BCUT2D eigenvalue weighted by Crippen LogP contribution is -2.24. The highest BCUT2D eigenvalue weighted by Crippen LogP contribution is 2.16. The molecule has 4 nitrogen and oxygen atoms in total. The van der Waals surface area contributed by atoms with Crippen molar-refractivity contribution >= 4 is 21.6 Å². The second-order valence-corrected chi connectivity index (χ2v) is 5.10. The number of allylic oxidation sites excluding steroid dienone is 1. The first kappa shape index (κ1) is 14.5. The SMILES string of the molecule is C=CCn1ncc(NCCc2ccccc2)c(Br)c1=O. The van der Waals surface area contributed by atoms with Crippen LogP contribution in [-0.2, 0) is 13.0 Å². The predicted octanol–water partition coefficient (Wildman–Crippen LogP) is 2.85. The van der Waals surface area contributed by atoms with E-state index in [0.29, 0.717) is 16.7 Å². The van der Waals surface area contributed by atoms with Crippen molar-refractivity contribution in [2.45, 2.75) is 13.0 Å². The Morgan fingerprint density at radius 1 is 1.35 bits per heavy atom. The Balaban J connectivity index is 2.02. The summed E-state index contributed by atoms with van der Waals surface area (Å²) >= 11 is 3.32. The molecule has 2 aromatic rings. The zero-order chi connectivity index (χ0) is 14.4. The molecule has 0 unspecified atom stereocenters. The van der Waals surface area contributed by atoms with Gasteiger partial charge in [0.15, 0.2) is 0 Å². The van der Waals surface area contributed by atoms with Crippen LogP contribution >= 0.6 is 15.9 Å². The molecule has 1 heterocycles. The molecular weight excluding hydrogens is 318 g/mol. The smallest absolute Gasteiger partial charge is 0.283 e. The molecule has 0 atom stereocenters. The predicted molar refractivity (Wildman–Crippen MR) is 85.0 cm³/mol. The molecule has 0 aliphatic heterocycles. The summed E-state index contributed by atoms with van der Waals surface area (Å²) in [5.41, 5.74) is 1.81. The molecule has 2 rings (SSSR count). The van der Waals surface area contributed by atoms with Crippen LogP contribution in [0.4, 0.5) is 5.69 Å². The van der Waals surface area contributed by atoms with Gasteiger partial charge in [0.25, 0.3) is 5.56 Å². The Labute approximate surface area is 126 Å². The van der Waals surface area contributed by atoms with Crippen LogP contribution in [0.5, 0.6) is 0 Å². The molecule has 1 aromatic carbocycles. The number of halogens is 1. The van der Waals surface area contributed by atoms with Crippen molar-refractivity contribution in [1.29, 1.82) is 0 Å². The highest BCUT2D eigenvalue weighted by atomic mass is 79.9. The van der Waals surface area contributed by atoms with Gasteiger partial charge in [-0.3, -0.25) is 4.79 Å². The molecule has 0 saturated carbocycles. The standard InChI is InChI=1S/C15H16BrN3O/c1-2-10-19-15(20)14(16)13(11-18-19)17-9-8-12-6-4-3-5-7-12/h2-7,11,17H,1,8-10H2. The molecule has 104 valence electrons. The molecule has 0 aliphatic carbocycles. The van der Waals surface area contributed by atoms with Gasteiger partial charge in [-0.2, -0.15) is 5.10 Å². The van der Waals surface area contributed by atoms with Gasteiger partial charge in [-0.1, -0.05) is 36.4 Å². The van der Waals surface area contributed by atoms with Crippen molar-refractivity contribution in [2.24, 2.45) is 0 Å². The average Bonchev–Trinajstić information content (AvgIpc) is 2.48. The Morgan fingerprint density at radius 2 is 2.10 bits per heavy atom. The maximum absolute atomic E-state index is 12.0. The van der Waals surface area contributed by atoms with Gasteiger partial charge >= 0.3 is 0 Å². The number of nitrogens with zero attached hydrogens (tertiary/aromatic N) is 2. The van der Waals surface area contributed by atoms with Crippen molar-refractivity contribution < 1.29 is 0 Å². The summed E-state index contributed by atoms with van der Waals surface area (Å²) in [6.07, 6.45) is 4.19. The molecular formula is C15H16BrN3O. The summed E-state index contributed by atoms with van der Waals surface area (Å²) in [5.74, 6) is 0. The molecule has 1 N–H and O–H groups in total. The third-order valence-electron chi connectivity index (χ3n) is 2.86. The van der Waals surface area contributed by atoms with Crippen LogP contribution in [0.3, 0.4) is 0 Å². The van der Waals surface area contributed by atoms with Crippen molar-refractivity contribution in [3.63, 3.8) is 0 Å². The first-order chi connectivity index (χ1) is 9.72. The lowest BCUT2D eigenvalue weighted by atomic mass is 10.1. The van der Waals surface area contributed by atoms with E-state index < -0.39 is 0 Å². The van der Waals surface area contributed by atoms with E-state index in [1.165, 1.54) is 10.2 Å². The fraction of sp³-hybridized carbons (Fsp3) is 0.200. The monoisotopic (exact) mass is 333 g/mol. The molecule has 0 bridgehead atoms. The number of rotatable bonds is 6. The molecule has 0 spiro atoms. The quantitative estimate of drug-likeness (QED) is 0.827. The van der Waals surface area contributed by atoms with Crippen LogP contribution in [0, 0.1) is 0 Å². The van der Waals surface area contributed by atoms with Crippen LogP contribution in [0.15, 0.2) is 58.5 Å². The maximum atomic E-state index is 12.0. The van der Waals surface area contributed by atoms with Gasteiger partial charge in [0.2, 0.25) is 0 Å². The van der Waals surface area contributed by atoms with Crippen LogP contribution in [0.2, 0.25) is 0 Å². The van der Waals surface area contributed by atoms with E-state index >= 15 is 0 Å². The van der Waals surface area contributed by atoms with Gasteiger partial charge in [0.1, 0.15) is 4.47 Å². The van der Waals surface area contributed by atoms with Crippen molar-refractivity contribution in [3.8, 4) is 0 Å². The van der Waals surface area contributed by atoms with Crippen LogP contribution < -0.4 is 10.9 Å². The number of aromatic nitrogens is 2. The van der Waals surface area contributed by atoms with E-state index in [-0.39, 0.29) is 5.56 Å². The first-order valence-corrected chi connectivity index (χ1v) is 7.16. The minimum atomic E-state index is -0.158. The normalized spacial score (nSPS) is 10.2. The summed E-state index contributed by atoms with van der Waals surface area (Å²) in [6.45, 7) is 4.75. The third-order valence-corrected chi connectivity index (χ3v) is 3.63. The van der Waals surface area contributed by atoms with Crippen molar-refractivity contribution in [2.75, 3.05) is 11.9 Å². The highest BCUT2D eigenvalue weighted by molar-refractivity contribution is 9.10. The van der Waals surface area contributed by atoms with E-state index in [1.54, 1.807) is 12.3 Å². The minimum absolute atomic E-state index is 0.158. The zero-order valence-corrected chi connectivity index (χ0v) is 12.6. The number of hydrogen-bond acceptors (Lipinski definition) is 3. The van der Waals surface area contributed by atoms with E-state index in [0.717, 1.165) is 13.0 Å². The molecule has 0 saturated heterocycles.